The number of aromatic nitrogens is 5. The minimum atomic E-state index is -0.350. The summed E-state index contributed by atoms with van der Waals surface area (Å²) in [7, 11) is 0. The number of aromatic amines is 1. The smallest absolute Gasteiger partial charge is 0.246 e. The number of pyridine rings is 1. The van der Waals surface area contributed by atoms with Crippen LogP contribution in [0.4, 0.5) is 0 Å². The van der Waals surface area contributed by atoms with Crippen molar-refractivity contribution in [2.75, 3.05) is 19.6 Å². The topological polar surface area (TPSA) is 99.5 Å². The number of nitrogens with zero attached hydrogens (tertiary/aromatic N) is 6. The minimum absolute atomic E-state index is 0.0680. The first-order valence-electron chi connectivity index (χ1n) is 12.1. The number of carbonyl (C=O) groups is 2. The summed E-state index contributed by atoms with van der Waals surface area (Å²) in [5.74, 6) is 0.235. The van der Waals surface area contributed by atoms with Gasteiger partial charge in [-0.05, 0) is 61.6 Å². The van der Waals surface area contributed by atoms with Gasteiger partial charge in [-0.25, -0.2) is 4.98 Å². The summed E-state index contributed by atoms with van der Waals surface area (Å²) >= 11 is 0. The molecule has 6 rings (SSSR count). The van der Waals surface area contributed by atoms with Gasteiger partial charge in [-0.3, -0.25) is 9.59 Å². The molecular formula is C26H27N7O2. The second-order valence-corrected chi connectivity index (χ2v) is 9.30. The molecule has 2 aliphatic rings. The highest BCUT2D eigenvalue weighted by atomic mass is 16.2. The molecule has 35 heavy (non-hydrogen) atoms. The zero-order chi connectivity index (χ0) is 23.9. The number of H-pyrrole nitrogens is 1. The first-order chi connectivity index (χ1) is 17.1. The molecule has 1 atom stereocenters. The summed E-state index contributed by atoms with van der Waals surface area (Å²) in [6.07, 6.45) is 10.0. The number of likely N-dealkylation sites (tertiary alicyclic amines) is 2. The van der Waals surface area contributed by atoms with Crippen molar-refractivity contribution in [2.45, 2.75) is 37.6 Å². The van der Waals surface area contributed by atoms with E-state index in [1.165, 1.54) is 6.08 Å². The molecule has 1 N–H and O–H groups in total. The number of carbonyl (C=O) groups excluding carboxylic acids is 2. The van der Waals surface area contributed by atoms with Gasteiger partial charge in [0, 0.05) is 54.6 Å². The Kier molecular flexibility index (Phi) is 5.32. The average Bonchev–Trinajstić information content (AvgIpc) is 3.65. The molecule has 9 heteroatoms. The zero-order valence-electron chi connectivity index (χ0n) is 19.4. The fourth-order valence-electron chi connectivity index (χ4n) is 5.57. The van der Waals surface area contributed by atoms with E-state index in [2.05, 4.69) is 32.8 Å². The molecular weight excluding hydrogens is 442 g/mol. The number of nitrogens with one attached hydrogen (secondary N) is 1. The van der Waals surface area contributed by atoms with Crippen LogP contribution in [0.15, 0.2) is 55.5 Å². The lowest BCUT2D eigenvalue weighted by Crippen LogP contribution is -2.49. The summed E-state index contributed by atoms with van der Waals surface area (Å²) < 4.78 is 1.63. The first-order valence-corrected chi connectivity index (χ1v) is 12.1. The monoisotopic (exact) mass is 469 g/mol. The van der Waals surface area contributed by atoms with Crippen LogP contribution in [0.25, 0.3) is 27.7 Å². The molecule has 0 aliphatic carbocycles. The Morgan fingerprint density at radius 1 is 1.06 bits per heavy atom. The number of piperidine rings is 1. The van der Waals surface area contributed by atoms with E-state index in [4.69, 9.17) is 0 Å². The Labute approximate surface area is 202 Å². The van der Waals surface area contributed by atoms with Gasteiger partial charge in [0.2, 0.25) is 11.8 Å². The standard InChI is InChI=1S/C26H27N7O2/c1-2-24(34)32-12-4-6-23(32)26(35)31-13-8-17(9-14-31)21-15-19-18(7-11-27-25(19)30-21)20-16-29-33-22(20)5-3-10-28-33/h2-3,5,7,10-11,15-17,23H,1,4,6,8-9,12-14H2,(H,27,30). The Balaban J connectivity index is 1.21. The quantitative estimate of drug-likeness (QED) is 0.463. The van der Waals surface area contributed by atoms with Crippen LogP contribution in [0.3, 0.4) is 0 Å². The van der Waals surface area contributed by atoms with Gasteiger partial charge < -0.3 is 14.8 Å². The van der Waals surface area contributed by atoms with E-state index in [0.717, 1.165) is 59.1 Å². The van der Waals surface area contributed by atoms with Crippen LogP contribution in [-0.4, -0.2) is 72.1 Å². The van der Waals surface area contributed by atoms with Crippen LogP contribution < -0.4 is 0 Å². The van der Waals surface area contributed by atoms with Crippen molar-refractivity contribution in [3.63, 3.8) is 0 Å². The third kappa shape index (κ3) is 3.67. The molecule has 9 nitrogen and oxygen atoms in total. The van der Waals surface area contributed by atoms with Gasteiger partial charge in [0.1, 0.15) is 11.7 Å². The number of rotatable bonds is 4. The van der Waals surface area contributed by atoms with Crippen LogP contribution >= 0.6 is 0 Å². The Hall–Kier alpha value is -4.01. The van der Waals surface area contributed by atoms with Crippen LogP contribution in [0.1, 0.15) is 37.3 Å². The van der Waals surface area contributed by atoms with Gasteiger partial charge in [-0.1, -0.05) is 6.58 Å². The van der Waals surface area contributed by atoms with Crippen LogP contribution in [0.2, 0.25) is 0 Å². The van der Waals surface area contributed by atoms with E-state index >= 15 is 0 Å². The maximum absolute atomic E-state index is 13.2. The van der Waals surface area contributed by atoms with Crippen molar-refractivity contribution in [3.05, 3.63) is 61.2 Å². The lowest BCUT2D eigenvalue weighted by Gasteiger charge is -2.35. The molecule has 0 bridgehead atoms. The van der Waals surface area contributed by atoms with E-state index in [9.17, 15) is 9.59 Å². The van der Waals surface area contributed by atoms with Crippen molar-refractivity contribution in [1.29, 1.82) is 0 Å². The van der Waals surface area contributed by atoms with E-state index in [1.807, 2.05) is 35.5 Å². The summed E-state index contributed by atoms with van der Waals surface area (Å²) in [4.78, 5) is 37.0. The Morgan fingerprint density at radius 2 is 1.91 bits per heavy atom. The molecule has 4 aromatic heterocycles. The molecule has 2 aliphatic heterocycles. The molecule has 178 valence electrons. The summed E-state index contributed by atoms with van der Waals surface area (Å²) in [5, 5.41) is 9.72. The normalized spacial score (nSPS) is 19.0. The van der Waals surface area contributed by atoms with Gasteiger partial charge in [0.25, 0.3) is 0 Å². The lowest BCUT2D eigenvalue weighted by atomic mass is 9.92. The number of hydrogen-bond donors (Lipinski definition) is 1. The van der Waals surface area contributed by atoms with Gasteiger partial charge in [0.05, 0.1) is 11.7 Å². The molecule has 2 fully saturated rings. The van der Waals surface area contributed by atoms with E-state index in [-0.39, 0.29) is 17.9 Å². The fourth-order valence-corrected chi connectivity index (χ4v) is 5.57. The van der Waals surface area contributed by atoms with Crippen molar-refractivity contribution in [2.24, 2.45) is 0 Å². The average molecular weight is 470 g/mol. The van der Waals surface area contributed by atoms with Crippen molar-refractivity contribution in [1.82, 2.24) is 34.6 Å². The van der Waals surface area contributed by atoms with Crippen molar-refractivity contribution >= 4 is 28.4 Å². The highest BCUT2D eigenvalue weighted by Crippen LogP contribution is 2.35. The largest absolute Gasteiger partial charge is 0.343 e. The predicted octanol–water partition coefficient (Wildman–Crippen LogP) is 3.16. The van der Waals surface area contributed by atoms with Gasteiger partial charge >= 0.3 is 0 Å². The van der Waals surface area contributed by atoms with E-state index < -0.39 is 0 Å². The maximum atomic E-state index is 13.2. The summed E-state index contributed by atoms with van der Waals surface area (Å²) in [6.45, 7) is 5.58. The Bertz CT molecular complexity index is 1430. The highest BCUT2D eigenvalue weighted by Gasteiger charge is 2.37. The minimum Gasteiger partial charge on any atom is -0.343 e. The van der Waals surface area contributed by atoms with Crippen LogP contribution in [0, 0.1) is 0 Å². The van der Waals surface area contributed by atoms with E-state index in [0.29, 0.717) is 25.6 Å². The fraction of sp³-hybridized carbons (Fsp3) is 0.346. The second-order valence-electron chi connectivity index (χ2n) is 9.30. The zero-order valence-corrected chi connectivity index (χ0v) is 19.4. The molecule has 1 unspecified atom stereocenters. The number of fused-ring (bicyclic) bond motifs is 2. The molecule has 0 radical (unpaired) electrons. The molecule has 4 aromatic rings. The SMILES string of the molecule is C=CC(=O)N1CCCC1C(=O)N1CCC(c2cc3c(-c4cnn5ncccc45)ccnc3[nH]2)CC1. The van der Waals surface area contributed by atoms with Gasteiger partial charge in [0.15, 0.2) is 0 Å². The summed E-state index contributed by atoms with van der Waals surface area (Å²) in [6, 6.07) is 7.78. The predicted molar refractivity (Wildman–Crippen MR) is 132 cm³/mol. The van der Waals surface area contributed by atoms with Crippen molar-refractivity contribution in [3.8, 4) is 11.1 Å². The van der Waals surface area contributed by atoms with Crippen molar-refractivity contribution < 1.29 is 9.59 Å². The molecule has 0 spiro atoms. The van der Waals surface area contributed by atoms with Crippen LogP contribution in [-0.2, 0) is 9.59 Å². The third-order valence-corrected chi connectivity index (χ3v) is 7.39. The molecule has 2 saturated heterocycles. The third-order valence-electron chi connectivity index (χ3n) is 7.39. The number of amides is 2. The van der Waals surface area contributed by atoms with Gasteiger partial charge in [-0.2, -0.15) is 14.8 Å². The molecule has 0 aromatic carbocycles. The molecule has 2 amide bonds. The molecule has 6 heterocycles. The summed E-state index contributed by atoms with van der Waals surface area (Å²) in [5.41, 5.74) is 5.04. The first kappa shape index (κ1) is 21.5. The van der Waals surface area contributed by atoms with Crippen LogP contribution in [0.5, 0.6) is 0 Å². The molecule has 0 saturated carbocycles. The van der Waals surface area contributed by atoms with E-state index in [1.54, 1.807) is 15.7 Å². The Morgan fingerprint density at radius 3 is 2.74 bits per heavy atom. The second kappa shape index (κ2) is 8.65. The lowest BCUT2D eigenvalue weighted by molar-refractivity contribution is -0.142. The number of hydrogen-bond acceptors (Lipinski definition) is 5. The highest BCUT2D eigenvalue weighted by molar-refractivity contribution is 5.97. The van der Waals surface area contributed by atoms with Gasteiger partial charge in [-0.15, -0.1) is 0 Å². The maximum Gasteiger partial charge on any atom is 0.246 e.